The van der Waals surface area contributed by atoms with Crippen LogP contribution in [0.15, 0.2) is 24.3 Å². The van der Waals surface area contributed by atoms with Crippen molar-refractivity contribution in [3.05, 3.63) is 39.9 Å². The molecule has 1 aromatic rings. The van der Waals surface area contributed by atoms with Crippen LogP contribution in [-0.2, 0) is 9.84 Å². The number of hydrogen-bond acceptors (Lipinski definition) is 5. The highest BCUT2D eigenvalue weighted by Gasteiger charge is 2.34. The molecule has 1 heterocycles. The Balaban J connectivity index is 2.27. The molecule has 21 heavy (non-hydrogen) atoms. The minimum atomic E-state index is -2.97. The van der Waals surface area contributed by atoms with Gasteiger partial charge in [-0.05, 0) is 30.9 Å². The van der Waals surface area contributed by atoms with Gasteiger partial charge in [-0.3, -0.25) is 10.1 Å². The highest BCUT2D eigenvalue weighted by atomic mass is 32.2. The minimum absolute atomic E-state index is 0.0245. The Labute approximate surface area is 124 Å². The second kappa shape index (κ2) is 6.53. The number of nitrogens with zero attached hydrogens (tertiary/aromatic N) is 1. The first-order chi connectivity index (χ1) is 9.93. The molecule has 0 spiro atoms. The van der Waals surface area contributed by atoms with Gasteiger partial charge >= 0.3 is 0 Å². The third-order valence-corrected chi connectivity index (χ3v) is 5.59. The summed E-state index contributed by atoms with van der Waals surface area (Å²) in [6.45, 7) is 2.78. The number of benzene rings is 1. The van der Waals surface area contributed by atoms with Crippen LogP contribution in [-0.4, -0.2) is 31.4 Å². The number of nitrogens with one attached hydrogen (secondary N) is 1. The zero-order valence-electron chi connectivity index (χ0n) is 12.0. The molecule has 6 nitrogen and oxygen atoms in total. The molecule has 1 aromatic carbocycles. The van der Waals surface area contributed by atoms with Crippen LogP contribution in [0, 0.1) is 16.0 Å². The molecule has 1 N–H and O–H groups in total. The molecule has 1 saturated heterocycles. The first kappa shape index (κ1) is 15.9. The first-order valence-electron chi connectivity index (χ1n) is 7.11. The van der Waals surface area contributed by atoms with Crippen LogP contribution >= 0.6 is 0 Å². The van der Waals surface area contributed by atoms with Gasteiger partial charge in [0, 0.05) is 18.2 Å². The van der Waals surface area contributed by atoms with Crippen LogP contribution in [0.5, 0.6) is 0 Å². The molecule has 1 fully saturated rings. The smallest absolute Gasteiger partial charge is 0.269 e. The molecule has 0 bridgehead atoms. The second-order valence-corrected chi connectivity index (χ2v) is 7.68. The average molecular weight is 312 g/mol. The van der Waals surface area contributed by atoms with Gasteiger partial charge in [0.05, 0.1) is 16.4 Å². The van der Waals surface area contributed by atoms with Gasteiger partial charge in [0.1, 0.15) is 0 Å². The quantitative estimate of drug-likeness (QED) is 0.641. The van der Waals surface area contributed by atoms with E-state index in [0.717, 1.165) is 18.5 Å². The van der Waals surface area contributed by atoms with Gasteiger partial charge in [-0.2, -0.15) is 0 Å². The normalized spacial score (nSPS) is 22.0. The van der Waals surface area contributed by atoms with Crippen molar-refractivity contribution < 1.29 is 13.3 Å². The number of sulfone groups is 1. The highest BCUT2D eigenvalue weighted by Crippen LogP contribution is 2.32. The lowest BCUT2D eigenvalue weighted by molar-refractivity contribution is -0.384. The van der Waals surface area contributed by atoms with Crippen molar-refractivity contribution in [2.24, 2.45) is 5.92 Å². The average Bonchev–Trinajstić information content (AvgIpc) is 2.80. The molecule has 2 atom stereocenters. The number of nitro benzene ring substituents is 1. The Morgan fingerprint density at radius 2 is 2.24 bits per heavy atom. The van der Waals surface area contributed by atoms with Crippen LogP contribution in [0.1, 0.15) is 31.4 Å². The number of rotatable bonds is 6. The van der Waals surface area contributed by atoms with Gasteiger partial charge < -0.3 is 5.32 Å². The molecule has 0 saturated carbocycles. The van der Waals surface area contributed by atoms with Crippen molar-refractivity contribution in [3.8, 4) is 0 Å². The van der Waals surface area contributed by atoms with Gasteiger partial charge in [0.2, 0.25) is 0 Å². The van der Waals surface area contributed by atoms with E-state index >= 15 is 0 Å². The monoisotopic (exact) mass is 312 g/mol. The van der Waals surface area contributed by atoms with Gasteiger partial charge in [0.15, 0.2) is 9.84 Å². The SMILES string of the molecule is CCCNC(c1cccc([N+](=O)[O-])c1)C1CCS(=O)(=O)C1. The standard InChI is InChI=1S/C14H20N2O4S/c1-2-7-15-14(12-6-8-21(19,20)10-12)11-4-3-5-13(9-11)16(17)18/h3-5,9,12,14-15H,2,6-8,10H2,1H3. The van der Waals surface area contributed by atoms with Gasteiger partial charge in [-0.1, -0.05) is 19.1 Å². The molecule has 0 amide bonds. The fraction of sp³-hybridized carbons (Fsp3) is 0.571. The molecule has 2 unspecified atom stereocenters. The number of nitro groups is 1. The van der Waals surface area contributed by atoms with Gasteiger partial charge in [-0.15, -0.1) is 0 Å². The van der Waals surface area contributed by atoms with Crippen molar-refractivity contribution >= 4 is 15.5 Å². The molecule has 116 valence electrons. The number of hydrogen-bond donors (Lipinski definition) is 1. The van der Waals surface area contributed by atoms with E-state index in [1.54, 1.807) is 6.07 Å². The molecule has 7 heteroatoms. The highest BCUT2D eigenvalue weighted by molar-refractivity contribution is 7.91. The summed E-state index contributed by atoms with van der Waals surface area (Å²) in [6, 6.07) is 6.31. The molecule has 2 rings (SSSR count). The van der Waals surface area contributed by atoms with Crippen LogP contribution in [0.4, 0.5) is 5.69 Å². The molecule has 1 aliphatic rings. The molecule has 0 radical (unpaired) electrons. The van der Waals surface area contributed by atoms with Crippen LogP contribution in [0.2, 0.25) is 0 Å². The number of non-ortho nitro benzene ring substituents is 1. The Kier molecular flexibility index (Phi) is 4.95. The maximum atomic E-state index is 11.7. The van der Waals surface area contributed by atoms with E-state index in [0.29, 0.717) is 6.42 Å². The fourth-order valence-electron chi connectivity index (χ4n) is 2.77. The van der Waals surface area contributed by atoms with Crippen molar-refractivity contribution in [2.45, 2.75) is 25.8 Å². The minimum Gasteiger partial charge on any atom is -0.310 e. The van der Waals surface area contributed by atoms with Crippen LogP contribution < -0.4 is 5.32 Å². The topological polar surface area (TPSA) is 89.3 Å². The van der Waals surface area contributed by atoms with E-state index < -0.39 is 14.8 Å². The van der Waals surface area contributed by atoms with E-state index in [9.17, 15) is 18.5 Å². The summed E-state index contributed by atoms with van der Waals surface area (Å²) in [7, 11) is -2.97. The van der Waals surface area contributed by atoms with Crippen LogP contribution in [0.25, 0.3) is 0 Å². The summed E-state index contributed by atoms with van der Waals surface area (Å²) >= 11 is 0. The molecular weight excluding hydrogens is 292 g/mol. The lowest BCUT2D eigenvalue weighted by atomic mass is 9.92. The van der Waals surface area contributed by atoms with E-state index in [4.69, 9.17) is 0 Å². The molecular formula is C14H20N2O4S. The fourth-order valence-corrected chi connectivity index (χ4v) is 4.61. The maximum Gasteiger partial charge on any atom is 0.269 e. The zero-order chi connectivity index (χ0) is 15.5. The lowest BCUT2D eigenvalue weighted by Crippen LogP contribution is -2.29. The summed E-state index contributed by atoms with van der Waals surface area (Å²) in [5.74, 6) is 0.331. The first-order valence-corrected chi connectivity index (χ1v) is 8.93. The van der Waals surface area contributed by atoms with E-state index in [2.05, 4.69) is 5.32 Å². The Morgan fingerprint density at radius 1 is 1.48 bits per heavy atom. The van der Waals surface area contributed by atoms with Crippen LogP contribution in [0.3, 0.4) is 0 Å². The van der Waals surface area contributed by atoms with Crippen molar-refractivity contribution in [3.63, 3.8) is 0 Å². The predicted octanol–water partition coefficient (Wildman–Crippen LogP) is 2.07. The summed E-state index contributed by atoms with van der Waals surface area (Å²) in [4.78, 5) is 10.5. The van der Waals surface area contributed by atoms with Crippen molar-refractivity contribution in [1.82, 2.24) is 5.32 Å². The van der Waals surface area contributed by atoms with Gasteiger partial charge in [0.25, 0.3) is 5.69 Å². The van der Waals surface area contributed by atoms with E-state index in [1.807, 2.05) is 13.0 Å². The van der Waals surface area contributed by atoms with Crippen molar-refractivity contribution in [2.75, 3.05) is 18.1 Å². The van der Waals surface area contributed by atoms with Gasteiger partial charge in [-0.25, -0.2) is 8.42 Å². The zero-order valence-corrected chi connectivity index (χ0v) is 12.8. The maximum absolute atomic E-state index is 11.7. The lowest BCUT2D eigenvalue weighted by Gasteiger charge is -2.24. The Morgan fingerprint density at radius 3 is 2.81 bits per heavy atom. The molecule has 0 aromatic heterocycles. The summed E-state index contributed by atoms with van der Waals surface area (Å²) in [5, 5.41) is 14.2. The summed E-state index contributed by atoms with van der Waals surface area (Å²) in [5.41, 5.74) is 0.830. The van der Waals surface area contributed by atoms with Crippen molar-refractivity contribution in [1.29, 1.82) is 0 Å². The molecule has 0 aliphatic carbocycles. The third-order valence-electron chi connectivity index (χ3n) is 3.79. The Bertz CT molecular complexity index is 615. The second-order valence-electron chi connectivity index (χ2n) is 5.45. The summed E-state index contributed by atoms with van der Waals surface area (Å²) in [6.07, 6.45) is 1.53. The van der Waals surface area contributed by atoms with E-state index in [1.165, 1.54) is 12.1 Å². The Hall–Kier alpha value is -1.47. The van der Waals surface area contributed by atoms with E-state index in [-0.39, 0.29) is 29.2 Å². The summed E-state index contributed by atoms with van der Waals surface area (Å²) < 4.78 is 23.4. The molecule has 1 aliphatic heterocycles. The predicted molar refractivity (Wildman–Crippen MR) is 80.9 cm³/mol. The largest absolute Gasteiger partial charge is 0.310 e. The third kappa shape index (κ3) is 4.01.